The molecule has 0 aromatic carbocycles. The minimum Gasteiger partial charge on any atom is -0.481 e. The summed E-state index contributed by atoms with van der Waals surface area (Å²) in [6.45, 7) is 0. The van der Waals surface area contributed by atoms with Gasteiger partial charge in [0.05, 0.1) is 6.42 Å². The van der Waals surface area contributed by atoms with E-state index in [-0.39, 0.29) is 25.7 Å². The topological polar surface area (TPSA) is 124 Å². The molecule has 7 nitrogen and oxygen atoms in total. The highest BCUT2D eigenvalue weighted by Gasteiger charge is 2.31. The Morgan fingerprint density at radius 3 is 1.89 bits per heavy atom. The van der Waals surface area contributed by atoms with E-state index in [0.29, 0.717) is 12.8 Å². The number of aliphatic carboxylic acids is 3. The van der Waals surface area contributed by atoms with Crippen LogP contribution in [0.15, 0.2) is 0 Å². The molecule has 0 bridgehead atoms. The first kappa shape index (κ1) is 16.4. The van der Waals surface area contributed by atoms with Crippen molar-refractivity contribution in [3.05, 3.63) is 0 Å². The Morgan fingerprint density at radius 1 is 0.944 bits per heavy atom. The lowest BCUT2D eigenvalue weighted by atomic mass is 9.84. The number of hydrogen-bond acceptors (Lipinski definition) is 4. The molecule has 0 saturated heterocycles. The maximum Gasteiger partial charge on any atom is 0.305 e. The van der Waals surface area contributed by atoms with Gasteiger partial charge in [-0.1, -0.05) is 0 Å². The van der Waals surface area contributed by atoms with Crippen LogP contribution >= 0.6 is 0 Å². The van der Waals surface area contributed by atoms with Gasteiger partial charge in [-0.05, 0) is 26.3 Å². The molecule has 0 aliphatic heterocycles. The second kappa shape index (κ2) is 7.65. The average molecular weight is 261 g/mol. The fourth-order valence-corrected chi connectivity index (χ4v) is 1.85. The summed E-state index contributed by atoms with van der Waals surface area (Å²) in [5.74, 6) is -2.99. The summed E-state index contributed by atoms with van der Waals surface area (Å²) in [5, 5.41) is 28.9. The molecule has 0 radical (unpaired) electrons. The van der Waals surface area contributed by atoms with Crippen molar-refractivity contribution in [2.75, 3.05) is 7.05 Å². The van der Waals surface area contributed by atoms with Crippen molar-refractivity contribution < 1.29 is 29.7 Å². The van der Waals surface area contributed by atoms with E-state index in [0.717, 1.165) is 0 Å². The summed E-state index contributed by atoms with van der Waals surface area (Å²) in [5.41, 5.74) is -0.861. The van der Waals surface area contributed by atoms with Crippen LogP contribution in [0, 0.1) is 0 Å². The first-order valence-electron chi connectivity index (χ1n) is 5.65. The molecule has 0 aliphatic rings. The minimum atomic E-state index is -1.04. The first-order chi connectivity index (χ1) is 8.31. The van der Waals surface area contributed by atoms with Gasteiger partial charge in [0.2, 0.25) is 0 Å². The Labute approximate surface area is 105 Å². The number of carboxylic acids is 3. The Bertz CT molecular complexity index is 317. The predicted molar refractivity (Wildman–Crippen MR) is 62.4 cm³/mol. The molecule has 0 fully saturated rings. The van der Waals surface area contributed by atoms with E-state index in [9.17, 15) is 14.4 Å². The Morgan fingerprint density at radius 2 is 1.50 bits per heavy atom. The van der Waals surface area contributed by atoms with E-state index in [1.807, 2.05) is 0 Å². The third kappa shape index (κ3) is 6.85. The molecule has 0 aromatic rings. The lowest BCUT2D eigenvalue weighted by molar-refractivity contribution is -0.141. The van der Waals surface area contributed by atoms with Gasteiger partial charge in [0.15, 0.2) is 0 Å². The van der Waals surface area contributed by atoms with Gasteiger partial charge in [0, 0.05) is 18.4 Å². The summed E-state index contributed by atoms with van der Waals surface area (Å²) >= 11 is 0. The highest BCUT2D eigenvalue weighted by atomic mass is 16.4. The van der Waals surface area contributed by atoms with Gasteiger partial charge in [-0.3, -0.25) is 14.4 Å². The van der Waals surface area contributed by atoms with Gasteiger partial charge >= 0.3 is 17.9 Å². The van der Waals surface area contributed by atoms with Crippen LogP contribution in [0.25, 0.3) is 0 Å². The predicted octanol–water partition coefficient (Wildman–Crippen LogP) is 0.539. The summed E-state index contributed by atoms with van der Waals surface area (Å²) in [4.78, 5) is 31.8. The van der Waals surface area contributed by atoms with E-state index in [1.54, 1.807) is 7.05 Å². The van der Waals surface area contributed by atoms with E-state index in [1.165, 1.54) is 0 Å². The molecule has 0 aromatic heterocycles. The van der Waals surface area contributed by atoms with E-state index in [4.69, 9.17) is 15.3 Å². The summed E-state index contributed by atoms with van der Waals surface area (Å²) < 4.78 is 0. The van der Waals surface area contributed by atoms with Crippen molar-refractivity contribution in [2.45, 2.75) is 44.1 Å². The third-order valence-electron chi connectivity index (χ3n) is 2.88. The monoisotopic (exact) mass is 261 g/mol. The van der Waals surface area contributed by atoms with Crippen molar-refractivity contribution in [2.24, 2.45) is 0 Å². The molecule has 0 spiro atoms. The molecule has 1 unspecified atom stereocenters. The van der Waals surface area contributed by atoms with Crippen LogP contribution in [0.3, 0.4) is 0 Å². The summed E-state index contributed by atoms with van der Waals surface area (Å²) in [7, 11) is 1.56. The molecule has 104 valence electrons. The Balaban J connectivity index is 4.57. The van der Waals surface area contributed by atoms with E-state index >= 15 is 0 Å². The van der Waals surface area contributed by atoms with Crippen LogP contribution < -0.4 is 5.32 Å². The second-order valence-electron chi connectivity index (χ2n) is 4.24. The smallest absolute Gasteiger partial charge is 0.305 e. The molecule has 18 heavy (non-hydrogen) atoms. The van der Waals surface area contributed by atoms with Crippen LogP contribution in [-0.2, 0) is 14.4 Å². The van der Waals surface area contributed by atoms with E-state index in [2.05, 4.69) is 5.32 Å². The molecule has 0 rings (SSSR count). The Hall–Kier alpha value is -1.63. The molecule has 0 heterocycles. The molecule has 1 atom stereocenters. The average Bonchev–Trinajstić information content (AvgIpc) is 2.24. The number of nitrogens with one attached hydrogen (secondary N) is 1. The van der Waals surface area contributed by atoms with Crippen LogP contribution in [0.2, 0.25) is 0 Å². The summed E-state index contributed by atoms with van der Waals surface area (Å²) in [6.07, 6.45) is 0.344. The molecule has 4 N–H and O–H groups in total. The zero-order valence-corrected chi connectivity index (χ0v) is 10.3. The van der Waals surface area contributed by atoms with Crippen LogP contribution in [0.5, 0.6) is 0 Å². The highest BCUT2D eigenvalue weighted by Crippen LogP contribution is 2.24. The summed E-state index contributed by atoms with van der Waals surface area (Å²) in [6, 6.07) is 0. The van der Waals surface area contributed by atoms with Crippen molar-refractivity contribution in [1.29, 1.82) is 0 Å². The van der Waals surface area contributed by atoms with Gasteiger partial charge in [0.25, 0.3) is 0 Å². The largest absolute Gasteiger partial charge is 0.481 e. The standard InChI is InChI=1S/C11H19NO6/c1-12-11(7-10(17)18,6-4-9(15)16)5-2-3-8(13)14/h12H,2-7H2,1H3,(H,13,14)(H,15,16)(H,17,18). The lowest BCUT2D eigenvalue weighted by Crippen LogP contribution is -2.45. The normalized spacial score (nSPS) is 13.8. The second-order valence-corrected chi connectivity index (χ2v) is 4.24. The molecular formula is C11H19NO6. The lowest BCUT2D eigenvalue weighted by Gasteiger charge is -2.31. The van der Waals surface area contributed by atoms with Gasteiger partial charge < -0.3 is 20.6 Å². The van der Waals surface area contributed by atoms with Crippen molar-refractivity contribution in [3.63, 3.8) is 0 Å². The number of carboxylic acid groups (broad SMARTS) is 3. The number of carbonyl (C=O) groups is 3. The quantitative estimate of drug-likeness (QED) is 0.452. The van der Waals surface area contributed by atoms with Crippen LogP contribution in [0.4, 0.5) is 0 Å². The van der Waals surface area contributed by atoms with E-state index < -0.39 is 23.4 Å². The maximum atomic E-state index is 10.8. The Kier molecular flexibility index (Phi) is 6.96. The number of rotatable bonds is 10. The van der Waals surface area contributed by atoms with Gasteiger partial charge in [0.1, 0.15) is 0 Å². The SMILES string of the molecule is CNC(CCCC(=O)O)(CCC(=O)O)CC(=O)O. The van der Waals surface area contributed by atoms with Crippen LogP contribution in [0.1, 0.15) is 38.5 Å². The molecule has 0 saturated carbocycles. The highest BCUT2D eigenvalue weighted by molar-refractivity contribution is 5.70. The van der Waals surface area contributed by atoms with Crippen molar-refractivity contribution in [1.82, 2.24) is 5.32 Å². The zero-order valence-electron chi connectivity index (χ0n) is 10.3. The molecule has 7 heteroatoms. The zero-order chi connectivity index (χ0) is 14.2. The van der Waals surface area contributed by atoms with Gasteiger partial charge in [-0.15, -0.1) is 0 Å². The fourth-order valence-electron chi connectivity index (χ4n) is 1.85. The van der Waals surface area contributed by atoms with Gasteiger partial charge in [-0.2, -0.15) is 0 Å². The van der Waals surface area contributed by atoms with Crippen molar-refractivity contribution in [3.8, 4) is 0 Å². The molecule has 0 aliphatic carbocycles. The number of hydrogen-bond donors (Lipinski definition) is 4. The maximum absolute atomic E-state index is 10.8. The third-order valence-corrected chi connectivity index (χ3v) is 2.88. The first-order valence-corrected chi connectivity index (χ1v) is 5.65. The minimum absolute atomic E-state index is 0.0594. The van der Waals surface area contributed by atoms with Gasteiger partial charge in [-0.25, -0.2) is 0 Å². The molecular weight excluding hydrogens is 242 g/mol. The molecule has 0 amide bonds. The van der Waals surface area contributed by atoms with Crippen molar-refractivity contribution >= 4 is 17.9 Å². The van der Waals surface area contributed by atoms with Crippen LogP contribution in [-0.4, -0.2) is 45.8 Å². The fraction of sp³-hybridized carbons (Fsp3) is 0.727.